The van der Waals surface area contributed by atoms with E-state index >= 15 is 0 Å². The molecule has 2 aliphatic rings. The molecule has 3 aromatic rings. The molecule has 3 heterocycles. The summed E-state index contributed by atoms with van der Waals surface area (Å²) in [6.07, 6.45) is 1.68. The summed E-state index contributed by atoms with van der Waals surface area (Å²) in [6.45, 7) is 4.87. The fourth-order valence-electron chi connectivity index (χ4n) is 4.80. The molecule has 5 rings (SSSR count). The number of amides is 1. The molecule has 0 saturated carbocycles. The smallest absolute Gasteiger partial charge is 0.249 e. The van der Waals surface area contributed by atoms with Gasteiger partial charge in [0.05, 0.1) is 22.5 Å². The Kier molecular flexibility index (Phi) is 6.89. The Balaban J connectivity index is 1.42. The number of anilines is 4. The van der Waals surface area contributed by atoms with Gasteiger partial charge in [-0.05, 0) is 37.7 Å². The van der Waals surface area contributed by atoms with Crippen molar-refractivity contribution in [3.05, 3.63) is 72.4 Å². The van der Waals surface area contributed by atoms with Crippen LogP contribution in [-0.4, -0.2) is 74.8 Å². The normalized spacial score (nSPS) is 19.1. The van der Waals surface area contributed by atoms with E-state index in [9.17, 15) is 13.2 Å². The molecular weight excluding hydrogens is 488 g/mol. The van der Waals surface area contributed by atoms with Gasteiger partial charge in [-0.2, -0.15) is 4.31 Å². The number of likely N-dealkylation sites (N-methyl/N-ethyl adjacent to an activating group) is 2. The van der Waals surface area contributed by atoms with Crippen LogP contribution in [0.4, 0.5) is 22.9 Å². The Morgan fingerprint density at radius 1 is 0.946 bits per heavy atom. The topological polar surface area (TPSA) is 89.1 Å². The first-order valence-electron chi connectivity index (χ1n) is 12.4. The number of sulfonamides is 1. The lowest BCUT2D eigenvalue weighted by atomic mass is 10.1. The second-order valence-electron chi connectivity index (χ2n) is 9.61. The zero-order valence-corrected chi connectivity index (χ0v) is 22.1. The molecule has 0 aliphatic carbocycles. The standard InChI is InChI=1S/C27H32N6O3S/c1-20-27(34)31(3)25-18-28-26(17-24(25)33(20)19-21-8-5-4-6-9-21)29-22-10-7-11-23(16-22)37(35,36)32-14-12-30(2)13-15-32/h4-11,16-18,20H,12-15,19H2,1-3H3,(H,28,29)/t20-/m0/s1. The maximum absolute atomic E-state index is 13.2. The van der Waals surface area contributed by atoms with Crippen LogP contribution in [0.1, 0.15) is 12.5 Å². The molecule has 0 bridgehead atoms. The van der Waals surface area contributed by atoms with Gasteiger partial charge in [0.15, 0.2) is 0 Å². The molecule has 0 spiro atoms. The highest BCUT2D eigenvalue weighted by atomic mass is 32.2. The van der Waals surface area contributed by atoms with Gasteiger partial charge in [0.25, 0.3) is 0 Å². The van der Waals surface area contributed by atoms with Crippen molar-refractivity contribution in [1.82, 2.24) is 14.2 Å². The van der Waals surface area contributed by atoms with Crippen LogP contribution >= 0.6 is 0 Å². The number of carbonyl (C=O) groups is 1. The molecule has 2 aliphatic heterocycles. The van der Waals surface area contributed by atoms with Crippen LogP contribution in [-0.2, 0) is 21.4 Å². The third kappa shape index (κ3) is 5.04. The van der Waals surface area contributed by atoms with Crippen LogP contribution < -0.4 is 15.1 Å². The fraction of sp³-hybridized carbons (Fsp3) is 0.333. The van der Waals surface area contributed by atoms with Gasteiger partial charge >= 0.3 is 0 Å². The zero-order valence-electron chi connectivity index (χ0n) is 21.3. The second-order valence-corrected chi connectivity index (χ2v) is 11.5. The number of piperazine rings is 1. The Labute approximate surface area is 218 Å². The van der Waals surface area contributed by atoms with E-state index < -0.39 is 10.0 Å². The van der Waals surface area contributed by atoms with E-state index in [1.54, 1.807) is 40.6 Å². The minimum Gasteiger partial charge on any atom is -0.354 e. The molecule has 37 heavy (non-hydrogen) atoms. The first kappa shape index (κ1) is 25.2. The highest BCUT2D eigenvalue weighted by Gasteiger charge is 2.34. The summed E-state index contributed by atoms with van der Waals surface area (Å²) in [7, 11) is 0.174. The lowest BCUT2D eigenvalue weighted by Crippen LogP contribution is -2.50. The summed E-state index contributed by atoms with van der Waals surface area (Å²) in [4.78, 5) is 23.5. The first-order valence-corrected chi connectivity index (χ1v) is 13.8. The largest absolute Gasteiger partial charge is 0.354 e. The number of nitrogens with one attached hydrogen (secondary N) is 1. The van der Waals surface area contributed by atoms with Crippen molar-refractivity contribution < 1.29 is 13.2 Å². The summed E-state index contributed by atoms with van der Waals surface area (Å²) in [5, 5.41) is 3.27. The van der Waals surface area contributed by atoms with Crippen molar-refractivity contribution in [2.45, 2.75) is 24.4 Å². The van der Waals surface area contributed by atoms with E-state index in [0.29, 0.717) is 44.2 Å². The molecular formula is C27H32N6O3S. The van der Waals surface area contributed by atoms with Crippen LogP contribution in [0.15, 0.2) is 71.8 Å². The van der Waals surface area contributed by atoms with Gasteiger partial charge in [0.1, 0.15) is 11.9 Å². The van der Waals surface area contributed by atoms with Gasteiger partial charge in [-0.15, -0.1) is 0 Å². The van der Waals surface area contributed by atoms with Gasteiger partial charge in [-0.3, -0.25) is 4.79 Å². The number of fused-ring (bicyclic) bond motifs is 1. The minimum absolute atomic E-state index is 0.00718. The molecule has 0 unspecified atom stereocenters. The van der Waals surface area contributed by atoms with Gasteiger partial charge < -0.3 is 20.0 Å². The number of aromatic nitrogens is 1. The molecule has 194 valence electrons. The molecule has 0 radical (unpaired) electrons. The Morgan fingerprint density at radius 2 is 1.68 bits per heavy atom. The number of hydrogen-bond acceptors (Lipinski definition) is 7. The Hall–Kier alpha value is -3.47. The van der Waals surface area contributed by atoms with Crippen LogP contribution in [0.2, 0.25) is 0 Å². The van der Waals surface area contributed by atoms with Crippen molar-refractivity contribution in [3.8, 4) is 0 Å². The van der Waals surface area contributed by atoms with Crippen molar-refractivity contribution in [1.29, 1.82) is 0 Å². The predicted molar refractivity (Wildman–Crippen MR) is 146 cm³/mol. The first-order chi connectivity index (χ1) is 17.7. The monoisotopic (exact) mass is 520 g/mol. The maximum atomic E-state index is 13.2. The molecule has 1 atom stereocenters. The summed E-state index contributed by atoms with van der Waals surface area (Å²) >= 11 is 0. The van der Waals surface area contributed by atoms with Crippen molar-refractivity contribution in [2.75, 3.05) is 55.4 Å². The van der Waals surface area contributed by atoms with Crippen LogP contribution in [0.5, 0.6) is 0 Å². The van der Waals surface area contributed by atoms with Crippen LogP contribution in [0.25, 0.3) is 0 Å². The highest BCUT2D eigenvalue weighted by Crippen LogP contribution is 2.38. The van der Waals surface area contributed by atoms with E-state index in [4.69, 9.17) is 0 Å². The molecule has 1 fully saturated rings. The SMILES string of the molecule is C[C@H]1C(=O)N(C)c2cnc(Nc3cccc(S(=O)(=O)N4CCN(C)CC4)c3)cc2N1Cc1ccccc1. The molecule has 2 aromatic carbocycles. The molecule has 9 nitrogen and oxygen atoms in total. The predicted octanol–water partition coefficient (Wildman–Crippen LogP) is 3.13. The maximum Gasteiger partial charge on any atom is 0.249 e. The summed E-state index contributed by atoms with van der Waals surface area (Å²) in [6, 6.07) is 18.4. The molecule has 1 saturated heterocycles. The number of hydrogen-bond donors (Lipinski definition) is 1. The quantitative estimate of drug-likeness (QED) is 0.534. The van der Waals surface area contributed by atoms with Crippen LogP contribution in [0, 0.1) is 0 Å². The molecule has 1 N–H and O–H groups in total. The number of rotatable bonds is 6. The van der Waals surface area contributed by atoms with Crippen molar-refractivity contribution in [3.63, 3.8) is 0 Å². The van der Waals surface area contributed by atoms with Gasteiger partial charge in [-0.25, -0.2) is 13.4 Å². The highest BCUT2D eigenvalue weighted by molar-refractivity contribution is 7.89. The Bertz CT molecular complexity index is 1390. The van der Waals surface area contributed by atoms with Gasteiger partial charge in [0.2, 0.25) is 15.9 Å². The second kappa shape index (κ2) is 10.1. The Morgan fingerprint density at radius 3 is 2.41 bits per heavy atom. The average Bonchev–Trinajstić information content (AvgIpc) is 2.91. The number of pyridine rings is 1. The molecule has 10 heteroatoms. The number of carbonyl (C=O) groups excluding carboxylic acids is 1. The molecule has 1 amide bonds. The van der Waals surface area contributed by atoms with Gasteiger partial charge in [0, 0.05) is 51.5 Å². The zero-order chi connectivity index (χ0) is 26.2. The fourth-order valence-corrected chi connectivity index (χ4v) is 6.27. The lowest BCUT2D eigenvalue weighted by Gasteiger charge is -2.40. The van der Waals surface area contributed by atoms with E-state index in [-0.39, 0.29) is 16.8 Å². The van der Waals surface area contributed by atoms with E-state index in [1.165, 1.54) is 0 Å². The van der Waals surface area contributed by atoms with E-state index in [1.807, 2.05) is 56.4 Å². The number of benzene rings is 2. The van der Waals surface area contributed by atoms with Crippen molar-refractivity contribution in [2.24, 2.45) is 0 Å². The van der Waals surface area contributed by atoms with E-state index in [0.717, 1.165) is 16.9 Å². The average molecular weight is 521 g/mol. The number of nitrogens with zero attached hydrogens (tertiary/aromatic N) is 5. The van der Waals surface area contributed by atoms with Gasteiger partial charge in [-0.1, -0.05) is 36.4 Å². The lowest BCUT2D eigenvalue weighted by molar-refractivity contribution is -0.119. The van der Waals surface area contributed by atoms with E-state index in [2.05, 4.69) is 20.1 Å². The van der Waals surface area contributed by atoms with Crippen LogP contribution in [0.3, 0.4) is 0 Å². The summed E-state index contributed by atoms with van der Waals surface area (Å²) in [5.74, 6) is 0.577. The third-order valence-electron chi connectivity index (χ3n) is 7.09. The molecule has 1 aromatic heterocycles. The summed E-state index contributed by atoms with van der Waals surface area (Å²) in [5.41, 5.74) is 3.35. The third-order valence-corrected chi connectivity index (χ3v) is 8.98. The minimum atomic E-state index is -3.58. The van der Waals surface area contributed by atoms with Crippen molar-refractivity contribution >= 4 is 38.8 Å². The summed E-state index contributed by atoms with van der Waals surface area (Å²) < 4.78 is 28.0.